The first kappa shape index (κ1) is 20.6. The first-order valence-electron chi connectivity index (χ1n) is 9.54. The van der Waals surface area contributed by atoms with Gasteiger partial charge in [0.2, 0.25) is 0 Å². The Hall–Kier alpha value is -3.16. The van der Waals surface area contributed by atoms with E-state index in [9.17, 15) is 9.59 Å². The smallest absolute Gasteiger partial charge is 0.410 e. The number of hydrogen-bond donors (Lipinski definition) is 1. The zero-order valence-electron chi connectivity index (χ0n) is 17.1. The van der Waals surface area contributed by atoms with Crippen LogP contribution in [-0.4, -0.2) is 53.4 Å². The maximum atomic E-state index is 12.5. The third-order valence-corrected chi connectivity index (χ3v) is 4.47. The number of fused-ring (bicyclic) bond motifs is 1. The lowest BCUT2D eigenvalue weighted by Gasteiger charge is -2.27. The minimum atomic E-state index is -0.607. The normalized spacial score (nSPS) is 17.0. The van der Waals surface area contributed by atoms with Crippen molar-refractivity contribution in [2.24, 2.45) is 5.10 Å². The van der Waals surface area contributed by atoms with Gasteiger partial charge in [0.05, 0.1) is 24.5 Å². The van der Waals surface area contributed by atoms with Gasteiger partial charge in [0.25, 0.3) is 5.91 Å². The Bertz CT molecular complexity index is 936. The number of pyridine rings is 1. The predicted molar refractivity (Wildman–Crippen MR) is 110 cm³/mol. The number of methoxy groups -OCH3 is 1. The number of nitrogens with one attached hydrogen (secondary N) is 1. The topological polar surface area (TPSA) is 93.1 Å². The monoisotopic (exact) mass is 398 g/mol. The van der Waals surface area contributed by atoms with E-state index in [-0.39, 0.29) is 5.91 Å². The predicted octanol–water partition coefficient (Wildman–Crippen LogP) is 3.09. The molecule has 8 nitrogen and oxygen atoms in total. The van der Waals surface area contributed by atoms with Gasteiger partial charge in [0.15, 0.2) is 0 Å². The molecule has 0 radical (unpaired) electrons. The van der Waals surface area contributed by atoms with Crippen molar-refractivity contribution in [3.63, 3.8) is 0 Å². The number of hydrogen-bond acceptors (Lipinski definition) is 6. The first-order valence-corrected chi connectivity index (χ1v) is 9.54. The molecule has 2 amide bonds. The summed E-state index contributed by atoms with van der Waals surface area (Å²) in [6, 6.07) is 8.73. The summed E-state index contributed by atoms with van der Waals surface area (Å²) in [5.74, 6) is 0.425. The highest BCUT2D eigenvalue weighted by molar-refractivity contribution is 5.89. The van der Waals surface area contributed by atoms with Crippen molar-refractivity contribution in [2.45, 2.75) is 45.3 Å². The van der Waals surface area contributed by atoms with Crippen LogP contribution in [0.3, 0.4) is 0 Å². The summed E-state index contributed by atoms with van der Waals surface area (Å²) < 4.78 is 10.6. The van der Waals surface area contributed by atoms with Crippen LogP contribution in [-0.2, 0) is 9.53 Å². The largest absolute Gasteiger partial charge is 0.497 e. The number of amides is 2. The molecule has 1 saturated heterocycles. The molecule has 1 N–H and O–H groups in total. The van der Waals surface area contributed by atoms with E-state index in [1.165, 1.54) is 11.1 Å². The Kier molecular flexibility index (Phi) is 6.00. The van der Waals surface area contributed by atoms with E-state index in [1.807, 2.05) is 24.3 Å². The second-order valence-electron chi connectivity index (χ2n) is 7.86. The van der Waals surface area contributed by atoms with Gasteiger partial charge in [0.1, 0.15) is 17.4 Å². The van der Waals surface area contributed by atoms with Crippen molar-refractivity contribution >= 4 is 29.1 Å². The van der Waals surface area contributed by atoms with E-state index in [1.54, 1.807) is 33.9 Å². The summed E-state index contributed by atoms with van der Waals surface area (Å²) in [7, 11) is 1.62. The Morgan fingerprint density at radius 1 is 1.28 bits per heavy atom. The van der Waals surface area contributed by atoms with Gasteiger partial charge >= 0.3 is 6.09 Å². The van der Waals surface area contributed by atoms with Crippen LogP contribution in [0.2, 0.25) is 0 Å². The number of rotatable bonds is 4. The van der Waals surface area contributed by atoms with Crippen LogP contribution < -0.4 is 10.2 Å². The van der Waals surface area contributed by atoms with Crippen LogP contribution in [0.1, 0.15) is 39.3 Å². The molecule has 3 rings (SSSR count). The van der Waals surface area contributed by atoms with E-state index in [4.69, 9.17) is 9.47 Å². The molecule has 1 aliphatic rings. The average molecular weight is 398 g/mol. The van der Waals surface area contributed by atoms with Crippen LogP contribution >= 0.6 is 0 Å². The fraction of sp³-hybridized carbons (Fsp3) is 0.429. The average Bonchev–Trinajstić information content (AvgIpc) is 3.16. The molecule has 1 fully saturated rings. The summed E-state index contributed by atoms with van der Waals surface area (Å²) in [5.41, 5.74) is 3.31. The number of likely N-dealkylation sites (tertiary alicyclic amines) is 1. The van der Waals surface area contributed by atoms with Crippen LogP contribution in [0.25, 0.3) is 10.9 Å². The summed E-state index contributed by atoms with van der Waals surface area (Å²) >= 11 is 0. The molecule has 29 heavy (non-hydrogen) atoms. The Labute approximate surface area is 169 Å². The van der Waals surface area contributed by atoms with Gasteiger partial charge in [0, 0.05) is 11.9 Å². The molecule has 2 aromatic rings. The third kappa shape index (κ3) is 5.22. The molecule has 8 heteroatoms. The second-order valence-corrected chi connectivity index (χ2v) is 7.86. The van der Waals surface area contributed by atoms with Crippen LogP contribution in [0.4, 0.5) is 4.79 Å². The Balaban J connectivity index is 1.62. The van der Waals surface area contributed by atoms with Crippen molar-refractivity contribution in [2.75, 3.05) is 13.7 Å². The number of benzene rings is 1. The van der Waals surface area contributed by atoms with E-state index in [0.717, 1.165) is 23.1 Å². The zero-order chi connectivity index (χ0) is 21.0. The second kappa shape index (κ2) is 8.46. The fourth-order valence-electron chi connectivity index (χ4n) is 3.13. The van der Waals surface area contributed by atoms with Crippen molar-refractivity contribution in [1.29, 1.82) is 0 Å². The molecule has 0 unspecified atom stereocenters. The highest BCUT2D eigenvalue weighted by Gasteiger charge is 2.36. The summed E-state index contributed by atoms with van der Waals surface area (Å²) in [6.07, 6.45) is 2.33. The molecule has 1 aromatic carbocycles. The summed E-state index contributed by atoms with van der Waals surface area (Å²) in [4.78, 5) is 30.7. The first-order chi connectivity index (χ1) is 13.8. The number of nitrogens with zero attached hydrogens (tertiary/aromatic N) is 3. The van der Waals surface area contributed by atoms with Gasteiger partial charge in [-0.05, 0) is 57.9 Å². The highest BCUT2D eigenvalue weighted by Crippen LogP contribution is 2.21. The molecule has 2 heterocycles. The van der Waals surface area contributed by atoms with Gasteiger partial charge < -0.3 is 9.47 Å². The minimum Gasteiger partial charge on any atom is -0.497 e. The fourth-order valence-corrected chi connectivity index (χ4v) is 3.13. The molecule has 0 saturated carbocycles. The number of carbonyl (C=O) groups is 2. The van der Waals surface area contributed by atoms with E-state index in [2.05, 4.69) is 15.5 Å². The van der Waals surface area contributed by atoms with Crippen LogP contribution in [0.15, 0.2) is 35.4 Å². The van der Waals surface area contributed by atoms with Crippen molar-refractivity contribution in [3.8, 4) is 5.75 Å². The van der Waals surface area contributed by atoms with Gasteiger partial charge in [-0.3, -0.25) is 9.69 Å². The lowest BCUT2D eigenvalue weighted by molar-refractivity contribution is -0.125. The van der Waals surface area contributed by atoms with Gasteiger partial charge in [-0.25, -0.2) is 15.2 Å². The minimum absolute atomic E-state index is 0.338. The van der Waals surface area contributed by atoms with Gasteiger partial charge in [-0.15, -0.1) is 0 Å². The maximum absolute atomic E-state index is 12.5. The van der Waals surface area contributed by atoms with Gasteiger partial charge in [-0.1, -0.05) is 6.07 Å². The molecule has 1 aromatic heterocycles. The van der Waals surface area contributed by atoms with Crippen LogP contribution in [0.5, 0.6) is 5.75 Å². The number of ether oxygens (including phenoxy) is 2. The number of carbonyl (C=O) groups excluding carboxylic acids is 2. The van der Waals surface area contributed by atoms with E-state index < -0.39 is 17.7 Å². The van der Waals surface area contributed by atoms with Crippen LogP contribution in [0, 0.1) is 0 Å². The quantitative estimate of drug-likeness (QED) is 0.631. The number of aromatic nitrogens is 1. The van der Waals surface area contributed by atoms with Crippen molar-refractivity contribution in [1.82, 2.24) is 15.3 Å². The lowest BCUT2D eigenvalue weighted by atomic mass is 10.2. The van der Waals surface area contributed by atoms with E-state index in [0.29, 0.717) is 18.7 Å². The summed E-state index contributed by atoms with van der Waals surface area (Å²) in [6.45, 7) is 5.89. The van der Waals surface area contributed by atoms with Crippen molar-refractivity contribution in [3.05, 3.63) is 36.0 Å². The molecule has 154 valence electrons. The molecular formula is C21H26N4O4. The van der Waals surface area contributed by atoms with Crippen molar-refractivity contribution < 1.29 is 19.1 Å². The Morgan fingerprint density at radius 3 is 2.79 bits per heavy atom. The molecule has 1 aliphatic heterocycles. The molecule has 0 spiro atoms. The Morgan fingerprint density at radius 2 is 2.07 bits per heavy atom. The zero-order valence-corrected chi connectivity index (χ0v) is 17.1. The maximum Gasteiger partial charge on any atom is 0.410 e. The third-order valence-electron chi connectivity index (χ3n) is 4.47. The summed E-state index contributed by atoms with van der Waals surface area (Å²) in [5, 5.41) is 4.95. The van der Waals surface area contributed by atoms with Gasteiger partial charge in [-0.2, -0.15) is 5.10 Å². The highest BCUT2D eigenvalue weighted by atomic mass is 16.6. The standard InChI is InChI=1S/C21H26N4O4/c1-21(2,3)29-20(27)25-11-5-6-18(25)19(26)24-22-13-15-8-7-14-12-16(28-4)9-10-17(14)23-15/h7-10,12-13,18H,5-6,11H2,1-4H3,(H,24,26)/b22-13-/t18-/m0/s1. The SMILES string of the molecule is COc1ccc2nc(/C=N\NC(=O)[C@@H]3CCCN3C(=O)OC(C)(C)C)ccc2c1. The molecule has 1 atom stereocenters. The lowest BCUT2D eigenvalue weighted by Crippen LogP contribution is -2.46. The van der Waals surface area contributed by atoms with E-state index >= 15 is 0 Å². The molecular weight excluding hydrogens is 372 g/mol. The molecule has 0 aliphatic carbocycles. The molecule has 0 bridgehead atoms. The number of hydrazone groups is 1.